The summed E-state index contributed by atoms with van der Waals surface area (Å²) in [5.41, 5.74) is 0.938. The Morgan fingerprint density at radius 2 is 1.95 bits per heavy atom. The average Bonchev–Trinajstić information content (AvgIpc) is 2.90. The highest BCUT2D eigenvalue weighted by Gasteiger charge is 2.38. The number of benzene rings is 1. The molecule has 1 aromatic rings. The van der Waals surface area contributed by atoms with E-state index in [1.165, 1.54) is 0 Å². The zero-order valence-corrected chi connectivity index (χ0v) is 11.0. The van der Waals surface area contributed by atoms with Crippen LogP contribution in [0.4, 0.5) is 0 Å². The second kappa shape index (κ2) is 5.19. The van der Waals surface area contributed by atoms with Crippen molar-refractivity contribution in [3.05, 3.63) is 29.8 Å². The third-order valence-electron chi connectivity index (χ3n) is 3.41. The predicted octanol–water partition coefficient (Wildman–Crippen LogP) is 1.95. The topological polar surface area (TPSA) is 49.3 Å². The van der Waals surface area contributed by atoms with E-state index in [1.807, 2.05) is 24.3 Å². The highest BCUT2D eigenvalue weighted by atomic mass is 16.8. The van der Waals surface area contributed by atoms with Crippen LogP contribution < -0.4 is 4.74 Å². The first-order valence-electron chi connectivity index (χ1n) is 6.37. The second-order valence-corrected chi connectivity index (χ2v) is 4.60. The molecule has 0 spiro atoms. The molecule has 102 valence electrons. The summed E-state index contributed by atoms with van der Waals surface area (Å²) in [6, 6.07) is 7.72. The van der Waals surface area contributed by atoms with Crippen LogP contribution in [0, 0.1) is 0 Å². The Hall–Kier alpha value is -1.59. The highest BCUT2D eigenvalue weighted by molar-refractivity contribution is 5.95. The van der Waals surface area contributed by atoms with Gasteiger partial charge in [0.25, 0.3) is 0 Å². The molecule has 3 atom stereocenters. The number of methoxy groups -OCH3 is 2. The summed E-state index contributed by atoms with van der Waals surface area (Å²) in [5, 5.41) is 0. The van der Waals surface area contributed by atoms with E-state index >= 15 is 0 Å². The molecule has 0 N–H and O–H groups in total. The van der Waals surface area contributed by atoms with E-state index in [4.69, 9.17) is 18.9 Å². The molecular weight excluding hydrogens is 246 g/mol. The molecule has 0 amide bonds. The van der Waals surface area contributed by atoms with Crippen molar-refractivity contribution in [1.82, 2.24) is 0 Å². The number of hydrogen-bond donors (Lipinski definition) is 0. The van der Waals surface area contributed by atoms with Crippen LogP contribution in [0.15, 0.2) is 29.3 Å². The molecule has 0 saturated carbocycles. The molecule has 2 heterocycles. The molecule has 2 aliphatic rings. The van der Waals surface area contributed by atoms with Crippen LogP contribution in [0.25, 0.3) is 0 Å². The molecule has 0 radical (unpaired) electrons. The standard InChI is InChI=1S/C14H17NO4/c1-16-10-5-3-9(4-6-10)13-15-11-7-8-12(17-2)18-14(11)19-13/h3-6,11-12,14H,7-8H2,1-2H3. The molecule has 3 rings (SSSR count). The fourth-order valence-corrected chi connectivity index (χ4v) is 2.32. The number of fused-ring (bicyclic) bond motifs is 1. The minimum atomic E-state index is -0.323. The molecule has 0 aliphatic carbocycles. The summed E-state index contributed by atoms with van der Waals surface area (Å²) in [5.74, 6) is 1.45. The van der Waals surface area contributed by atoms with Crippen molar-refractivity contribution in [2.24, 2.45) is 4.99 Å². The van der Waals surface area contributed by atoms with Crippen molar-refractivity contribution in [2.45, 2.75) is 31.5 Å². The maximum Gasteiger partial charge on any atom is 0.226 e. The molecule has 19 heavy (non-hydrogen) atoms. The Morgan fingerprint density at radius 1 is 1.16 bits per heavy atom. The fourth-order valence-electron chi connectivity index (χ4n) is 2.32. The third-order valence-corrected chi connectivity index (χ3v) is 3.41. The molecule has 1 saturated heterocycles. The summed E-state index contributed by atoms with van der Waals surface area (Å²) in [6.07, 6.45) is 1.26. The molecule has 0 bridgehead atoms. The van der Waals surface area contributed by atoms with Gasteiger partial charge in [-0.2, -0.15) is 0 Å². The van der Waals surface area contributed by atoms with E-state index in [9.17, 15) is 0 Å². The SMILES string of the molecule is COc1ccc(C2=NC3CCC(OC)OC3O2)cc1. The fraction of sp³-hybridized carbons (Fsp3) is 0.500. The molecule has 3 unspecified atom stereocenters. The van der Waals surface area contributed by atoms with Crippen LogP contribution in [0.5, 0.6) is 5.75 Å². The lowest BCUT2D eigenvalue weighted by Crippen LogP contribution is -2.37. The van der Waals surface area contributed by atoms with Crippen molar-refractivity contribution in [2.75, 3.05) is 14.2 Å². The Balaban J connectivity index is 1.73. The van der Waals surface area contributed by atoms with Gasteiger partial charge in [0.15, 0.2) is 6.29 Å². The number of aliphatic imine (C=N–C) groups is 1. The Labute approximate surface area is 112 Å². The Bertz CT molecular complexity index is 471. The zero-order chi connectivity index (χ0) is 13.2. The largest absolute Gasteiger partial charge is 0.497 e. The van der Waals surface area contributed by atoms with Gasteiger partial charge in [0.05, 0.1) is 7.11 Å². The number of hydrogen-bond acceptors (Lipinski definition) is 5. The summed E-state index contributed by atoms with van der Waals surface area (Å²) in [4.78, 5) is 4.58. The van der Waals surface area contributed by atoms with Gasteiger partial charge in [-0.3, -0.25) is 0 Å². The summed E-state index contributed by atoms with van der Waals surface area (Å²) in [7, 11) is 3.29. The molecule has 0 aromatic heterocycles. The average molecular weight is 263 g/mol. The second-order valence-electron chi connectivity index (χ2n) is 4.60. The monoisotopic (exact) mass is 263 g/mol. The lowest BCUT2D eigenvalue weighted by atomic mass is 10.1. The quantitative estimate of drug-likeness (QED) is 0.836. The highest BCUT2D eigenvalue weighted by Crippen LogP contribution is 2.29. The summed E-state index contributed by atoms with van der Waals surface area (Å²) in [6.45, 7) is 0. The zero-order valence-electron chi connectivity index (χ0n) is 11.0. The molecule has 5 nitrogen and oxygen atoms in total. The molecule has 1 fully saturated rings. The molecular formula is C14H17NO4. The van der Waals surface area contributed by atoms with E-state index < -0.39 is 0 Å². The van der Waals surface area contributed by atoms with Gasteiger partial charge < -0.3 is 18.9 Å². The third kappa shape index (κ3) is 2.43. The van der Waals surface area contributed by atoms with Gasteiger partial charge >= 0.3 is 0 Å². The molecule has 1 aromatic carbocycles. The van der Waals surface area contributed by atoms with E-state index in [0.717, 1.165) is 24.2 Å². The normalized spacial score (nSPS) is 29.4. The van der Waals surface area contributed by atoms with Gasteiger partial charge in [0, 0.05) is 19.1 Å². The minimum absolute atomic E-state index is 0.0727. The molecule has 2 aliphatic heterocycles. The maximum atomic E-state index is 5.76. The van der Waals surface area contributed by atoms with Crippen LogP contribution in [0.3, 0.4) is 0 Å². The van der Waals surface area contributed by atoms with Crippen molar-refractivity contribution < 1.29 is 18.9 Å². The Kier molecular flexibility index (Phi) is 3.40. The van der Waals surface area contributed by atoms with Crippen LogP contribution in [0.1, 0.15) is 18.4 Å². The van der Waals surface area contributed by atoms with Crippen LogP contribution in [0.2, 0.25) is 0 Å². The van der Waals surface area contributed by atoms with Gasteiger partial charge in [-0.1, -0.05) is 0 Å². The minimum Gasteiger partial charge on any atom is -0.497 e. The number of nitrogens with zero attached hydrogens (tertiary/aromatic N) is 1. The first kappa shape index (κ1) is 12.4. The molecule has 5 heteroatoms. The van der Waals surface area contributed by atoms with Crippen LogP contribution in [-0.4, -0.2) is 38.7 Å². The van der Waals surface area contributed by atoms with Crippen molar-refractivity contribution in [3.63, 3.8) is 0 Å². The lowest BCUT2D eigenvalue weighted by molar-refractivity contribution is -0.235. The van der Waals surface area contributed by atoms with Gasteiger partial charge in [-0.15, -0.1) is 0 Å². The van der Waals surface area contributed by atoms with Crippen LogP contribution >= 0.6 is 0 Å². The van der Waals surface area contributed by atoms with Gasteiger partial charge in [0.1, 0.15) is 11.8 Å². The van der Waals surface area contributed by atoms with Crippen molar-refractivity contribution in [3.8, 4) is 5.75 Å². The smallest absolute Gasteiger partial charge is 0.226 e. The predicted molar refractivity (Wildman–Crippen MR) is 69.3 cm³/mol. The van der Waals surface area contributed by atoms with Gasteiger partial charge in [-0.25, -0.2) is 4.99 Å². The lowest BCUT2D eigenvalue weighted by Gasteiger charge is -2.28. The first-order valence-corrected chi connectivity index (χ1v) is 6.37. The number of rotatable bonds is 3. The Morgan fingerprint density at radius 3 is 2.63 bits per heavy atom. The van der Waals surface area contributed by atoms with E-state index in [-0.39, 0.29) is 18.6 Å². The maximum absolute atomic E-state index is 5.76. The summed E-state index contributed by atoms with van der Waals surface area (Å²) >= 11 is 0. The number of ether oxygens (including phenoxy) is 4. The summed E-state index contributed by atoms with van der Waals surface area (Å²) < 4.78 is 21.8. The van der Waals surface area contributed by atoms with E-state index in [0.29, 0.717) is 5.90 Å². The first-order chi connectivity index (χ1) is 9.30. The van der Waals surface area contributed by atoms with Gasteiger partial charge in [0.2, 0.25) is 12.2 Å². The van der Waals surface area contributed by atoms with Crippen molar-refractivity contribution >= 4 is 5.90 Å². The van der Waals surface area contributed by atoms with Crippen LogP contribution in [-0.2, 0) is 14.2 Å². The van der Waals surface area contributed by atoms with E-state index in [2.05, 4.69) is 4.99 Å². The van der Waals surface area contributed by atoms with E-state index in [1.54, 1.807) is 14.2 Å². The van der Waals surface area contributed by atoms with Crippen molar-refractivity contribution in [1.29, 1.82) is 0 Å². The van der Waals surface area contributed by atoms with Gasteiger partial charge in [-0.05, 0) is 30.7 Å².